The second kappa shape index (κ2) is 4.13. The van der Waals surface area contributed by atoms with Crippen molar-refractivity contribution in [2.45, 2.75) is 27.2 Å². The lowest BCUT2D eigenvalue weighted by Gasteiger charge is -2.03. The first-order valence-corrected chi connectivity index (χ1v) is 4.46. The summed E-state index contributed by atoms with van der Waals surface area (Å²) in [6.45, 7) is 5.63. The van der Waals surface area contributed by atoms with Gasteiger partial charge in [-0.1, -0.05) is 11.6 Å². The van der Waals surface area contributed by atoms with E-state index < -0.39 is 5.63 Å². The van der Waals surface area contributed by atoms with Gasteiger partial charge in [0.2, 0.25) is 0 Å². The molecule has 0 amide bonds. The van der Waals surface area contributed by atoms with Crippen LogP contribution < -0.4 is 5.63 Å². The van der Waals surface area contributed by atoms with Gasteiger partial charge in [0.25, 0.3) is 0 Å². The Morgan fingerprint density at radius 2 is 2.21 bits per heavy atom. The molecule has 1 aromatic rings. The molecule has 0 unspecified atom stereocenters. The lowest BCUT2D eigenvalue weighted by Crippen LogP contribution is -2.01. The smallest absolute Gasteiger partial charge is 0.339 e. The van der Waals surface area contributed by atoms with Gasteiger partial charge in [-0.05, 0) is 27.2 Å². The van der Waals surface area contributed by atoms with Gasteiger partial charge in [0.1, 0.15) is 11.5 Å². The first-order chi connectivity index (χ1) is 6.50. The minimum atomic E-state index is -0.513. The van der Waals surface area contributed by atoms with E-state index in [0.717, 1.165) is 11.6 Å². The van der Waals surface area contributed by atoms with Gasteiger partial charge in [0.05, 0.1) is 6.07 Å². The summed E-state index contributed by atoms with van der Waals surface area (Å²) in [6.07, 6.45) is 2.56. The summed E-state index contributed by atoms with van der Waals surface area (Å²) < 4.78 is 4.88. The van der Waals surface area contributed by atoms with Crippen LogP contribution >= 0.6 is 0 Å². The Kier molecular flexibility index (Phi) is 3.12. The average Bonchev–Trinajstić information content (AvgIpc) is 2.01. The Hall–Kier alpha value is -1.51. The number of rotatable bonds is 2. The second-order valence-electron chi connectivity index (χ2n) is 3.47. The van der Waals surface area contributed by atoms with Gasteiger partial charge < -0.3 is 9.52 Å². The first kappa shape index (κ1) is 10.6. The molecule has 1 heterocycles. The van der Waals surface area contributed by atoms with Crippen LogP contribution in [-0.2, 0) is 6.42 Å². The molecule has 1 N–H and O–H groups in total. The third kappa shape index (κ3) is 2.49. The Labute approximate surface area is 82.7 Å². The average molecular weight is 194 g/mol. The number of hydrogen-bond donors (Lipinski definition) is 1. The highest BCUT2D eigenvalue weighted by molar-refractivity contribution is 5.34. The van der Waals surface area contributed by atoms with E-state index in [9.17, 15) is 9.90 Å². The van der Waals surface area contributed by atoms with E-state index in [0.29, 0.717) is 17.7 Å². The van der Waals surface area contributed by atoms with Crippen LogP contribution in [0.4, 0.5) is 0 Å². The van der Waals surface area contributed by atoms with Crippen LogP contribution in [0.5, 0.6) is 5.75 Å². The van der Waals surface area contributed by atoms with Crippen molar-refractivity contribution in [3.63, 3.8) is 0 Å². The van der Waals surface area contributed by atoms with Crippen molar-refractivity contribution in [3.05, 3.63) is 39.5 Å². The fourth-order valence-electron chi connectivity index (χ4n) is 1.18. The summed E-state index contributed by atoms with van der Waals surface area (Å²) in [4.78, 5) is 10.9. The fraction of sp³-hybridized carbons (Fsp3) is 0.364. The molecule has 1 aromatic heterocycles. The third-order valence-corrected chi connectivity index (χ3v) is 1.96. The second-order valence-corrected chi connectivity index (χ2v) is 3.47. The van der Waals surface area contributed by atoms with Gasteiger partial charge >= 0.3 is 5.63 Å². The molecule has 76 valence electrons. The van der Waals surface area contributed by atoms with E-state index in [1.54, 1.807) is 6.92 Å². The number of hydrogen-bond acceptors (Lipinski definition) is 3. The first-order valence-electron chi connectivity index (χ1n) is 4.46. The Balaban J connectivity index is 3.09. The summed E-state index contributed by atoms with van der Waals surface area (Å²) in [6, 6.07) is 1.10. The minimum Gasteiger partial charge on any atom is -0.507 e. The van der Waals surface area contributed by atoms with E-state index in [1.165, 1.54) is 0 Å². The maximum Gasteiger partial charge on any atom is 0.339 e. The van der Waals surface area contributed by atoms with Crippen LogP contribution in [0.3, 0.4) is 0 Å². The number of allylic oxidation sites excluding steroid dienone is 2. The molecule has 1 rings (SSSR count). The quantitative estimate of drug-likeness (QED) is 0.734. The highest BCUT2D eigenvalue weighted by Gasteiger charge is 2.06. The van der Waals surface area contributed by atoms with Gasteiger partial charge in [-0.25, -0.2) is 4.79 Å². The molecule has 0 atom stereocenters. The van der Waals surface area contributed by atoms with Crippen LogP contribution in [0.25, 0.3) is 0 Å². The lowest BCUT2D eigenvalue weighted by molar-refractivity contribution is 0.425. The molecule has 0 radical (unpaired) electrons. The van der Waals surface area contributed by atoms with Crippen LogP contribution in [0.1, 0.15) is 25.2 Å². The topological polar surface area (TPSA) is 50.4 Å². The molecule has 0 aromatic carbocycles. The molecule has 3 heteroatoms. The van der Waals surface area contributed by atoms with Gasteiger partial charge in [-0.15, -0.1) is 0 Å². The van der Waals surface area contributed by atoms with Crippen LogP contribution in [0.2, 0.25) is 0 Å². The van der Waals surface area contributed by atoms with Crippen molar-refractivity contribution in [2.24, 2.45) is 0 Å². The van der Waals surface area contributed by atoms with Gasteiger partial charge in [-0.2, -0.15) is 0 Å². The molecule has 14 heavy (non-hydrogen) atoms. The Morgan fingerprint density at radius 1 is 1.57 bits per heavy atom. The summed E-state index contributed by atoms with van der Waals surface area (Å²) >= 11 is 0. The minimum absolute atomic E-state index is 0.0104. The summed E-state index contributed by atoms with van der Waals surface area (Å²) in [5, 5.41) is 9.50. The summed E-state index contributed by atoms with van der Waals surface area (Å²) in [7, 11) is 0. The Morgan fingerprint density at radius 3 is 2.71 bits per heavy atom. The number of aromatic hydroxyl groups is 1. The van der Waals surface area contributed by atoms with Gasteiger partial charge in [0, 0.05) is 5.56 Å². The van der Waals surface area contributed by atoms with Crippen molar-refractivity contribution in [1.29, 1.82) is 0 Å². The van der Waals surface area contributed by atoms with E-state index in [2.05, 4.69) is 0 Å². The normalized spacial score (nSPS) is 9.93. The predicted octanol–water partition coefficient (Wildman–Crippen LogP) is 2.16. The van der Waals surface area contributed by atoms with Crippen molar-refractivity contribution >= 4 is 0 Å². The third-order valence-electron chi connectivity index (χ3n) is 1.96. The molecular weight excluding hydrogens is 180 g/mol. The molecule has 0 saturated carbocycles. The number of aryl methyl sites for hydroxylation is 1. The van der Waals surface area contributed by atoms with Crippen LogP contribution in [0.15, 0.2) is 26.9 Å². The van der Waals surface area contributed by atoms with Crippen molar-refractivity contribution < 1.29 is 9.52 Å². The zero-order chi connectivity index (χ0) is 10.7. The molecule has 0 aliphatic carbocycles. The molecule has 0 spiro atoms. The molecular formula is C11H14O3. The summed E-state index contributed by atoms with van der Waals surface area (Å²) in [5.41, 5.74) is 1.32. The van der Waals surface area contributed by atoms with Crippen molar-refractivity contribution in [1.82, 2.24) is 0 Å². The lowest BCUT2D eigenvalue weighted by atomic mass is 10.1. The van der Waals surface area contributed by atoms with E-state index in [1.807, 2.05) is 19.9 Å². The maximum absolute atomic E-state index is 10.9. The predicted molar refractivity (Wildman–Crippen MR) is 54.5 cm³/mol. The molecule has 3 nitrogen and oxygen atoms in total. The van der Waals surface area contributed by atoms with E-state index in [4.69, 9.17) is 4.42 Å². The van der Waals surface area contributed by atoms with Gasteiger partial charge in [-0.3, -0.25) is 0 Å². The molecule has 0 fully saturated rings. The Bertz CT molecular complexity index is 383. The van der Waals surface area contributed by atoms with E-state index in [-0.39, 0.29) is 5.75 Å². The standard InChI is InChI=1S/C11H14O3/c1-7(2)4-5-9-8(3)14-11(13)6-10(9)12/h4,6,12H,5H2,1-3H3. The van der Waals surface area contributed by atoms with Crippen LogP contribution in [-0.4, -0.2) is 5.11 Å². The molecule has 0 saturated heterocycles. The fourth-order valence-corrected chi connectivity index (χ4v) is 1.18. The highest BCUT2D eigenvalue weighted by Crippen LogP contribution is 2.19. The highest BCUT2D eigenvalue weighted by atomic mass is 16.4. The molecule has 0 aliphatic rings. The zero-order valence-electron chi connectivity index (χ0n) is 8.63. The van der Waals surface area contributed by atoms with Crippen molar-refractivity contribution in [3.8, 4) is 5.75 Å². The summed E-state index contributed by atoms with van der Waals surface area (Å²) in [5.74, 6) is 0.490. The maximum atomic E-state index is 10.9. The molecule has 0 aliphatic heterocycles. The molecule has 0 bridgehead atoms. The SMILES string of the molecule is CC(C)=CCc1c(O)cc(=O)oc1C. The largest absolute Gasteiger partial charge is 0.507 e. The van der Waals surface area contributed by atoms with Crippen LogP contribution in [0, 0.1) is 6.92 Å². The van der Waals surface area contributed by atoms with Crippen molar-refractivity contribution in [2.75, 3.05) is 0 Å². The monoisotopic (exact) mass is 194 g/mol. The van der Waals surface area contributed by atoms with Gasteiger partial charge in [0.15, 0.2) is 0 Å². The van der Waals surface area contributed by atoms with E-state index >= 15 is 0 Å². The zero-order valence-corrected chi connectivity index (χ0v) is 8.63.